The Morgan fingerprint density at radius 1 is 1.38 bits per heavy atom. The van der Waals surface area contributed by atoms with Gasteiger partial charge in [-0.2, -0.15) is 10.4 Å². The molecule has 0 atom stereocenters. The molecule has 0 saturated carbocycles. The third-order valence-corrected chi connectivity index (χ3v) is 4.73. The molecule has 0 aliphatic carbocycles. The highest BCUT2D eigenvalue weighted by Gasteiger charge is 2.13. The fourth-order valence-electron chi connectivity index (χ4n) is 2.42. The van der Waals surface area contributed by atoms with Gasteiger partial charge in [0.05, 0.1) is 23.2 Å². The van der Waals surface area contributed by atoms with Crippen LogP contribution in [0.1, 0.15) is 28.1 Å². The molecule has 120 valence electrons. The van der Waals surface area contributed by atoms with Gasteiger partial charge in [0, 0.05) is 16.0 Å². The maximum Gasteiger partial charge on any atom is 0.134 e. The van der Waals surface area contributed by atoms with Crippen LogP contribution in [0.4, 0.5) is 4.39 Å². The first kappa shape index (κ1) is 16.1. The molecule has 6 heteroatoms. The van der Waals surface area contributed by atoms with Gasteiger partial charge in [-0.05, 0) is 43.7 Å². The van der Waals surface area contributed by atoms with Gasteiger partial charge in [-0.25, -0.2) is 9.37 Å². The molecule has 2 heterocycles. The van der Waals surface area contributed by atoms with E-state index < -0.39 is 0 Å². The quantitative estimate of drug-likeness (QED) is 0.707. The maximum absolute atomic E-state index is 13.1. The summed E-state index contributed by atoms with van der Waals surface area (Å²) in [5.74, 6) is -0.293. The number of thiazole rings is 1. The van der Waals surface area contributed by atoms with Gasteiger partial charge in [0.15, 0.2) is 0 Å². The van der Waals surface area contributed by atoms with Crippen LogP contribution in [-0.4, -0.2) is 15.2 Å². The van der Waals surface area contributed by atoms with Gasteiger partial charge in [-0.15, -0.1) is 11.3 Å². The fraction of sp³-hybridized carbons (Fsp3) is 0.167. The van der Waals surface area contributed by atoms with E-state index in [1.165, 1.54) is 23.5 Å². The van der Waals surface area contributed by atoms with Crippen molar-refractivity contribution in [1.29, 1.82) is 5.26 Å². The number of halogens is 1. The highest BCUT2D eigenvalue weighted by atomic mass is 32.1. The molecule has 0 radical (unpaired) electrons. The predicted octanol–water partition coefficient (Wildman–Crippen LogP) is 4.61. The third kappa shape index (κ3) is 3.12. The van der Waals surface area contributed by atoms with Crippen molar-refractivity contribution < 1.29 is 4.39 Å². The second-order valence-electron chi connectivity index (χ2n) is 5.25. The van der Waals surface area contributed by atoms with Crippen LogP contribution in [0, 0.1) is 24.1 Å². The van der Waals surface area contributed by atoms with E-state index in [0.717, 1.165) is 33.8 Å². The van der Waals surface area contributed by atoms with Crippen LogP contribution in [0.5, 0.6) is 0 Å². The fourth-order valence-corrected chi connectivity index (χ4v) is 3.39. The number of nitrogens with one attached hydrogen (secondary N) is 1. The number of allylic oxidation sites excluding steroid dienone is 1. The Labute approximate surface area is 143 Å². The number of aromatic amines is 1. The molecule has 1 N–H and O–H groups in total. The molecule has 0 unspecified atom stereocenters. The predicted molar refractivity (Wildman–Crippen MR) is 93.7 cm³/mol. The number of benzene rings is 1. The summed E-state index contributed by atoms with van der Waals surface area (Å²) in [6.07, 6.45) is 4.25. The Bertz CT molecular complexity index is 929. The number of hydrogen-bond acceptors (Lipinski definition) is 4. The highest BCUT2D eigenvalue weighted by Crippen LogP contribution is 2.29. The van der Waals surface area contributed by atoms with Crippen molar-refractivity contribution in [2.75, 3.05) is 0 Å². The van der Waals surface area contributed by atoms with E-state index in [4.69, 9.17) is 0 Å². The lowest BCUT2D eigenvalue weighted by Gasteiger charge is -2.00. The molecule has 24 heavy (non-hydrogen) atoms. The number of aryl methyl sites for hydroxylation is 2. The van der Waals surface area contributed by atoms with Gasteiger partial charge in [0.25, 0.3) is 0 Å². The van der Waals surface area contributed by atoms with Crippen molar-refractivity contribution in [3.05, 3.63) is 57.4 Å². The molecule has 2 aromatic heterocycles. The standard InChI is InChI=1S/C18H15FN4S/c1-3-16-11(2)24-18(22-16)13(9-20)8-14-10-21-23-17(14)12-4-6-15(19)7-5-12/h4-8,10H,3H2,1-2H3,(H,21,23). The molecule has 0 amide bonds. The lowest BCUT2D eigenvalue weighted by Crippen LogP contribution is -1.86. The number of rotatable bonds is 4. The molecule has 0 aliphatic rings. The monoisotopic (exact) mass is 338 g/mol. The smallest absolute Gasteiger partial charge is 0.134 e. The molecule has 0 saturated heterocycles. The van der Waals surface area contributed by atoms with Crippen LogP contribution in [0.15, 0.2) is 30.5 Å². The second kappa shape index (κ2) is 6.77. The summed E-state index contributed by atoms with van der Waals surface area (Å²) in [4.78, 5) is 5.67. The number of nitriles is 1. The van der Waals surface area contributed by atoms with Gasteiger partial charge in [0.2, 0.25) is 0 Å². The van der Waals surface area contributed by atoms with E-state index in [9.17, 15) is 9.65 Å². The lowest BCUT2D eigenvalue weighted by atomic mass is 10.1. The summed E-state index contributed by atoms with van der Waals surface area (Å²) in [7, 11) is 0. The largest absolute Gasteiger partial charge is 0.277 e. The Balaban J connectivity index is 2.02. The summed E-state index contributed by atoms with van der Waals surface area (Å²) in [5, 5.41) is 17.2. The minimum Gasteiger partial charge on any atom is -0.277 e. The van der Waals surface area contributed by atoms with Crippen LogP contribution in [0.3, 0.4) is 0 Å². The first-order chi connectivity index (χ1) is 11.6. The van der Waals surface area contributed by atoms with E-state index in [0.29, 0.717) is 10.6 Å². The minimum absolute atomic E-state index is 0.293. The highest BCUT2D eigenvalue weighted by molar-refractivity contribution is 7.12. The summed E-state index contributed by atoms with van der Waals surface area (Å²) < 4.78 is 13.1. The number of aromatic nitrogens is 3. The summed E-state index contributed by atoms with van der Waals surface area (Å²) in [6, 6.07) is 8.36. The molecule has 4 nitrogen and oxygen atoms in total. The average Bonchev–Trinajstić information content (AvgIpc) is 3.19. The Morgan fingerprint density at radius 3 is 2.75 bits per heavy atom. The lowest BCUT2D eigenvalue weighted by molar-refractivity contribution is 0.628. The van der Waals surface area contributed by atoms with Crippen molar-refractivity contribution in [2.45, 2.75) is 20.3 Å². The van der Waals surface area contributed by atoms with Gasteiger partial charge >= 0.3 is 0 Å². The van der Waals surface area contributed by atoms with E-state index in [1.54, 1.807) is 24.4 Å². The molecular formula is C18H15FN4S. The molecule has 3 rings (SSSR count). The van der Waals surface area contributed by atoms with E-state index in [-0.39, 0.29) is 5.82 Å². The van der Waals surface area contributed by atoms with Crippen molar-refractivity contribution in [2.24, 2.45) is 0 Å². The molecule has 0 bridgehead atoms. The normalized spacial score (nSPS) is 11.5. The number of hydrogen-bond donors (Lipinski definition) is 1. The Morgan fingerprint density at radius 2 is 2.12 bits per heavy atom. The van der Waals surface area contributed by atoms with Crippen molar-refractivity contribution in [3.8, 4) is 17.3 Å². The zero-order valence-corrected chi connectivity index (χ0v) is 14.1. The van der Waals surface area contributed by atoms with Crippen molar-refractivity contribution in [1.82, 2.24) is 15.2 Å². The Hall–Kier alpha value is -2.78. The minimum atomic E-state index is -0.293. The van der Waals surface area contributed by atoms with Gasteiger partial charge in [-0.1, -0.05) is 6.92 Å². The van der Waals surface area contributed by atoms with Gasteiger partial charge in [0.1, 0.15) is 16.9 Å². The second-order valence-corrected chi connectivity index (χ2v) is 6.46. The molecule has 1 aromatic carbocycles. The summed E-state index contributed by atoms with van der Waals surface area (Å²) in [6.45, 7) is 4.06. The number of nitrogens with zero attached hydrogens (tertiary/aromatic N) is 3. The SMILES string of the molecule is CCc1nc(C(C#N)=Cc2cn[nH]c2-c2ccc(F)cc2)sc1C. The van der Waals surface area contributed by atoms with Crippen LogP contribution < -0.4 is 0 Å². The summed E-state index contributed by atoms with van der Waals surface area (Å²) >= 11 is 1.52. The van der Waals surface area contributed by atoms with Crippen LogP contribution in [0.25, 0.3) is 22.9 Å². The zero-order valence-electron chi connectivity index (χ0n) is 13.3. The van der Waals surface area contributed by atoms with Crippen molar-refractivity contribution >= 4 is 23.0 Å². The zero-order chi connectivity index (χ0) is 17.1. The molecular weight excluding hydrogens is 323 g/mol. The molecule has 3 aromatic rings. The van der Waals surface area contributed by atoms with Crippen molar-refractivity contribution in [3.63, 3.8) is 0 Å². The molecule has 0 fully saturated rings. The van der Waals surface area contributed by atoms with E-state index in [1.807, 2.05) is 13.8 Å². The van der Waals surface area contributed by atoms with E-state index >= 15 is 0 Å². The van der Waals surface area contributed by atoms with Gasteiger partial charge in [-0.3, -0.25) is 5.10 Å². The van der Waals surface area contributed by atoms with Crippen LogP contribution in [-0.2, 0) is 6.42 Å². The summed E-state index contributed by atoms with van der Waals surface area (Å²) in [5.41, 5.74) is 3.83. The number of H-pyrrole nitrogens is 1. The topological polar surface area (TPSA) is 65.4 Å². The average molecular weight is 338 g/mol. The third-order valence-electron chi connectivity index (χ3n) is 3.68. The Kier molecular flexibility index (Phi) is 4.54. The molecule has 0 spiro atoms. The first-order valence-electron chi connectivity index (χ1n) is 7.50. The molecule has 0 aliphatic heterocycles. The van der Waals surface area contributed by atoms with E-state index in [2.05, 4.69) is 21.3 Å². The van der Waals surface area contributed by atoms with Gasteiger partial charge < -0.3 is 0 Å². The van der Waals surface area contributed by atoms with Crippen LogP contribution >= 0.6 is 11.3 Å². The van der Waals surface area contributed by atoms with Crippen LogP contribution in [0.2, 0.25) is 0 Å². The first-order valence-corrected chi connectivity index (χ1v) is 8.31. The maximum atomic E-state index is 13.1.